The number of carbonyl (C=O) groups is 1. The topological polar surface area (TPSA) is 35.9 Å². The predicted molar refractivity (Wildman–Crippen MR) is 81.4 cm³/mol. The minimum absolute atomic E-state index is 0.0816. The van der Waals surface area contributed by atoms with E-state index < -0.39 is 0 Å². The van der Waals surface area contributed by atoms with Gasteiger partial charge < -0.3 is 4.90 Å². The molecule has 0 unspecified atom stereocenters. The highest BCUT2D eigenvalue weighted by molar-refractivity contribution is 8.13. The zero-order valence-electron chi connectivity index (χ0n) is 11.5. The molecule has 5 heteroatoms. The SMILES string of the molecule is CSC1=N/C(=C\N(C)C)C(=O)N1c1ccc(C)cc1. The van der Waals surface area contributed by atoms with Crippen LogP contribution in [0.1, 0.15) is 5.56 Å². The summed E-state index contributed by atoms with van der Waals surface area (Å²) in [5, 5.41) is 0.710. The van der Waals surface area contributed by atoms with Crippen molar-refractivity contribution < 1.29 is 4.79 Å². The van der Waals surface area contributed by atoms with Gasteiger partial charge in [0.1, 0.15) is 5.70 Å². The molecule has 0 fully saturated rings. The summed E-state index contributed by atoms with van der Waals surface area (Å²) < 4.78 is 0. The molecule has 1 aromatic rings. The highest BCUT2D eigenvalue weighted by Crippen LogP contribution is 2.27. The van der Waals surface area contributed by atoms with Crippen LogP contribution >= 0.6 is 11.8 Å². The lowest BCUT2D eigenvalue weighted by atomic mass is 10.2. The molecule has 0 bridgehead atoms. The molecule has 1 aromatic carbocycles. The van der Waals surface area contributed by atoms with Crippen molar-refractivity contribution in [2.75, 3.05) is 25.3 Å². The van der Waals surface area contributed by atoms with Crippen molar-refractivity contribution in [3.63, 3.8) is 0 Å². The van der Waals surface area contributed by atoms with Crippen LogP contribution in [0.2, 0.25) is 0 Å². The number of amides is 1. The number of carbonyl (C=O) groups excluding carboxylic acids is 1. The first-order chi connectivity index (χ1) is 9.02. The van der Waals surface area contributed by atoms with E-state index in [0.717, 1.165) is 5.69 Å². The molecule has 19 heavy (non-hydrogen) atoms. The molecular weight excluding hydrogens is 258 g/mol. The fourth-order valence-electron chi connectivity index (χ4n) is 1.79. The Bertz CT molecular complexity index is 546. The Labute approximate surface area is 117 Å². The van der Waals surface area contributed by atoms with Gasteiger partial charge in [-0.2, -0.15) is 0 Å². The van der Waals surface area contributed by atoms with Crippen LogP contribution in [-0.4, -0.2) is 36.3 Å². The van der Waals surface area contributed by atoms with E-state index in [-0.39, 0.29) is 5.91 Å². The number of hydrogen-bond donors (Lipinski definition) is 0. The number of aliphatic imine (C=N–C) groups is 1. The van der Waals surface area contributed by atoms with Gasteiger partial charge in [0.05, 0.1) is 5.69 Å². The number of nitrogens with zero attached hydrogens (tertiary/aromatic N) is 3. The highest BCUT2D eigenvalue weighted by Gasteiger charge is 2.31. The van der Waals surface area contributed by atoms with Gasteiger partial charge in [0.25, 0.3) is 5.91 Å². The normalized spacial score (nSPS) is 17.1. The van der Waals surface area contributed by atoms with Crippen LogP contribution in [0.25, 0.3) is 0 Å². The van der Waals surface area contributed by atoms with Crippen LogP contribution in [0.4, 0.5) is 5.69 Å². The lowest BCUT2D eigenvalue weighted by molar-refractivity contribution is -0.113. The second-order valence-corrected chi connectivity index (χ2v) is 5.33. The van der Waals surface area contributed by atoms with Gasteiger partial charge in [-0.15, -0.1) is 0 Å². The van der Waals surface area contributed by atoms with Gasteiger partial charge in [-0.05, 0) is 25.3 Å². The van der Waals surface area contributed by atoms with Gasteiger partial charge in [0, 0.05) is 20.3 Å². The van der Waals surface area contributed by atoms with E-state index in [4.69, 9.17) is 0 Å². The minimum atomic E-state index is -0.0816. The summed E-state index contributed by atoms with van der Waals surface area (Å²) in [6.07, 6.45) is 3.67. The van der Waals surface area contributed by atoms with Crippen molar-refractivity contribution in [2.45, 2.75) is 6.92 Å². The minimum Gasteiger partial charge on any atom is -0.382 e. The van der Waals surface area contributed by atoms with E-state index in [1.807, 2.05) is 56.4 Å². The number of hydrogen-bond acceptors (Lipinski definition) is 4. The molecule has 0 radical (unpaired) electrons. The van der Waals surface area contributed by atoms with E-state index in [0.29, 0.717) is 10.9 Å². The summed E-state index contributed by atoms with van der Waals surface area (Å²) in [6, 6.07) is 7.87. The Hall–Kier alpha value is -1.75. The zero-order chi connectivity index (χ0) is 14.0. The third kappa shape index (κ3) is 2.81. The van der Waals surface area contributed by atoms with Gasteiger partial charge in [0.15, 0.2) is 5.17 Å². The summed E-state index contributed by atoms with van der Waals surface area (Å²) in [6.45, 7) is 2.02. The summed E-state index contributed by atoms with van der Waals surface area (Å²) >= 11 is 1.47. The Kier molecular flexibility index (Phi) is 3.95. The van der Waals surface area contributed by atoms with Gasteiger partial charge in [0.2, 0.25) is 0 Å². The smallest absolute Gasteiger partial charge is 0.284 e. The van der Waals surface area contributed by atoms with E-state index in [1.54, 1.807) is 11.1 Å². The van der Waals surface area contributed by atoms with Crippen LogP contribution < -0.4 is 4.90 Å². The van der Waals surface area contributed by atoms with Crippen LogP contribution in [0, 0.1) is 6.92 Å². The standard InChI is InChI=1S/C14H17N3OS/c1-10-5-7-11(8-6-10)17-13(18)12(9-16(2)3)15-14(17)19-4/h5-9H,1-4H3/b12-9-. The lowest BCUT2D eigenvalue weighted by Crippen LogP contribution is -2.30. The van der Waals surface area contributed by atoms with Crippen molar-refractivity contribution >= 4 is 28.5 Å². The molecule has 0 spiro atoms. The molecule has 2 rings (SSSR count). The average molecular weight is 275 g/mol. The number of aryl methyl sites for hydroxylation is 1. The number of benzene rings is 1. The van der Waals surface area contributed by atoms with Gasteiger partial charge in [-0.1, -0.05) is 29.5 Å². The quantitative estimate of drug-likeness (QED) is 0.778. The molecule has 0 aliphatic carbocycles. The molecule has 1 heterocycles. The van der Waals surface area contributed by atoms with E-state index >= 15 is 0 Å². The molecule has 0 saturated carbocycles. The molecular formula is C14H17N3OS. The van der Waals surface area contributed by atoms with Gasteiger partial charge >= 0.3 is 0 Å². The average Bonchev–Trinajstić information content (AvgIpc) is 2.67. The lowest BCUT2D eigenvalue weighted by Gasteiger charge is -2.17. The summed E-state index contributed by atoms with van der Waals surface area (Å²) in [7, 11) is 3.76. The zero-order valence-corrected chi connectivity index (χ0v) is 12.4. The Morgan fingerprint density at radius 2 is 1.89 bits per heavy atom. The van der Waals surface area contributed by atoms with Crippen LogP contribution in [0.15, 0.2) is 41.2 Å². The molecule has 4 nitrogen and oxygen atoms in total. The Morgan fingerprint density at radius 1 is 1.26 bits per heavy atom. The molecule has 0 N–H and O–H groups in total. The molecule has 1 aliphatic heterocycles. The van der Waals surface area contributed by atoms with E-state index in [1.165, 1.54) is 17.3 Å². The third-order valence-corrected chi connectivity index (χ3v) is 3.32. The number of thioether (sulfide) groups is 1. The summed E-state index contributed by atoms with van der Waals surface area (Å²) in [4.78, 5) is 20.3. The number of rotatable bonds is 2. The maximum atomic E-state index is 12.4. The third-order valence-electron chi connectivity index (χ3n) is 2.68. The molecule has 100 valence electrons. The van der Waals surface area contributed by atoms with Crippen molar-refractivity contribution in [3.8, 4) is 0 Å². The maximum Gasteiger partial charge on any atom is 0.284 e. The molecule has 0 saturated heterocycles. The van der Waals surface area contributed by atoms with Crippen LogP contribution in [0.3, 0.4) is 0 Å². The molecule has 0 aromatic heterocycles. The molecule has 0 atom stereocenters. The van der Waals surface area contributed by atoms with Crippen LogP contribution in [0.5, 0.6) is 0 Å². The van der Waals surface area contributed by atoms with Crippen molar-refractivity contribution in [1.82, 2.24) is 4.90 Å². The number of amidine groups is 1. The maximum absolute atomic E-state index is 12.4. The van der Waals surface area contributed by atoms with E-state index in [9.17, 15) is 4.79 Å². The first-order valence-electron chi connectivity index (χ1n) is 5.95. The predicted octanol–water partition coefficient (Wildman–Crippen LogP) is 2.46. The van der Waals surface area contributed by atoms with Crippen LogP contribution in [-0.2, 0) is 4.79 Å². The Morgan fingerprint density at radius 3 is 2.42 bits per heavy atom. The summed E-state index contributed by atoms with van der Waals surface area (Å²) in [5.74, 6) is -0.0816. The molecule has 1 aliphatic rings. The second-order valence-electron chi connectivity index (χ2n) is 4.55. The second kappa shape index (κ2) is 5.48. The van der Waals surface area contributed by atoms with Crippen molar-refractivity contribution in [1.29, 1.82) is 0 Å². The number of anilines is 1. The molecule has 1 amide bonds. The van der Waals surface area contributed by atoms with Crippen molar-refractivity contribution in [3.05, 3.63) is 41.7 Å². The first kappa shape index (κ1) is 13.7. The van der Waals surface area contributed by atoms with Gasteiger partial charge in [-0.25, -0.2) is 4.99 Å². The van der Waals surface area contributed by atoms with Gasteiger partial charge in [-0.3, -0.25) is 9.69 Å². The monoisotopic (exact) mass is 275 g/mol. The largest absolute Gasteiger partial charge is 0.382 e. The highest BCUT2D eigenvalue weighted by atomic mass is 32.2. The fourth-order valence-corrected chi connectivity index (χ4v) is 2.35. The van der Waals surface area contributed by atoms with E-state index in [2.05, 4.69) is 4.99 Å². The first-order valence-corrected chi connectivity index (χ1v) is 7.17. The Balaban J connectivity index is 2.39. The summed E-state index contributed by atoms with van der Waals surface area (Å²) in [5.41, 5.74) is 2.49. The fraction of sp³-hybridized carbons (Fsp3) is 0.286. The van der Waals surface area contributed by atoms with Crippen molar-refractivity contribution in [2.24, 2.45) is 4.99 Å².